The predicted octanol–water partition coefficient (Wildman–Crippen LogP) is 10.6. The van der Waals surface area contributed by atoms with Crippen molar-refractivity contribution in [1.29, 1.82) is 0 Å². The molecule has 0 bridgehead atoms. The van der Waals surface area contributed by atoms with Crippen molar-refractivity contribution in [2.45, 2.75) is 230 Å². The zero-order valence-electron chi connectivity index (χ0n) is 39.1. The van der Waals surface area contributed by atoms with Crippen LogP contribution >= 0.6 is 7.82 Å². The summed E-state index contributed by atoms with van der Waals surface area (Å²) in [5.41, 5.74) is 0. The van der Waals surface area contributed by atoms with Gasteiger partial charge in [0, 0.05) is 13.0 Å². The van der Waals surface area contributed by atoms with Crippen LogP contribution in [0.3, 0.4) is 0 Å². The Hall–Kier alpha value is -1.96. The maximum Gasteiger partial charge on any atom is 0.472 e. The van der Waals surface area contributed by atoms with E-state index < -0.39 is 63.1 Å². The van der Waals surface area contributed by atoms with Crippen molar-refractivity contribution in [1.82, 2.24) is 0 Å². The van der Waals surface area contributed by atoms with Crippen LogP contribution in [0.4, 0.5) is 0 Å². The van der Waals surface area contributed by atoms with Gasteiger partial charge in [-0.2, -0.15) is 0 Å². The van der Waals surface area contributed by atoms with E-state index in [-0.39, 0.29) is 13.0 Å². The zero-order chi connectivity index (χ0) is 46.2. The molecule has 0 aromatic heterocycles. The van der Waals surface area contributed by atoms with Crippen LogP contribution in [0.5, 0.6) is 0 Å². The van der Waals surface area contributed by atoms with Gasteiger partial charge in [-0.1, -0.05) is 164 Å². The van der Waals surface area contributed by atoms with Gasteiger partial charge in [0.05, 0.1) is 13.2 Å². The first-order chi connectivity index (χ1) is 30.5. The highest BCUT2D eigenvalue weighted by Crippen LogP contribution is 2.47. The van der Waals surface area contributed by atoms with E-state index in [4.69, 9.17) is 18.5 Å². The lowest BCUT2D eigenvalue weighted by Gasteiger charge is -2.41. The summed E-state index contributed by atoms with van der Waals surface area (Å²) < 4.78 is 34.2. The topological polar surface area (TPSA) is 192 Å². The molecular formula is C50H89O12P. The van der Waals surface area contributed by atoms with Crippen molar-refractivity contribution in [3.8, 4) is 0 Å². The van der Waals surface area contributed by atoms with Crippen molar-refractivity contribution in [2.75, 3.05) is 19.8 Å². The molecule has 1 aliphatic rings. The summed E-state index contributed by atoms with van der Waals surface area (Å²) in [5, 5.41) is 50.2. The molecular weight excluding hydrogens is 824 g/mol. The van der Waals surface area contributed by atoms with Gasteiger partial charge in [0.2, 0.25) is 0 Å². The number of phosphoric acid groups is 1. The Bertz CT molecular complexity index is 1270. The average molecular weight is 913 g/mol. The molecule has 0 aromatic rings. The molecule has 0 spiro atoms. The number of rotatable bonds is 41. The van der Waals surface area contributed by atoms with Crippen LogP contribution in [0.25, 0.3) is 0 Å². The van der Waals surface area contributed by atoms with Crippen LogP contribution in [0.15, 0.2) is 60.8 Å². The molecule has 6 N–H and O–H groups in total. The van der Waals surface area contributed by atoms with Gasteiger partial charge in [-0.05, 0) is 77.0 Å². The molecule has 0 amide bonds. The summed E-state index contributed by atoms with van der Waals surface area (Å²) in [6.45, 7) is 4.10. The van der Waals surface area contributed by atoms with Crippen LogP contribution in [0, 0.1) is 0 Å². The van der Waals surface area contributed by atoms with E-state index in [1.54, 1.807) is 0 Å². The van der Waals surface area contributed by atoms with Crippen molar-refractivity contribution < 1.29 is 58.3 Å². The molecule has 0 heterocycles. The number of esters is 1. The molecule has 6 atom stereocenters. The van der Waals surface area contributed by atoms with Crippen LogP contribution in [0.2, 0.25) is 0 Å². The van der Waals surface area contributed by atoms with E-state index in [2.05, 4.69) is 74.6 Å². The van der Waals surface area contributed by atoms with Gasteiger partial charge in [0.1, 0.15) is 42.7 Å². The first kappa shape index (κ1) is 59.1. The summed E-state index contributed by atoms with van der Waals surface area (Å²) in [6, 6.07) is 0. The van der Waals surface area contributed by atoms with Crippen molar-refractivity contribution >= 4 is 13.8 Å². The van der Waals surface area contributed by atoms with Crippen LogP contribution < -0.4 is 0 Å². The van der Waals surface area contributed by atoms with Gasteiger partial charge in [0.15, 0.2) is 0 Å². The van der Waals surface area contributed by atoms with Crippen molar-refractivity contribution in [2.24, 2.45) is 0 Å². The number of hydrogen-bond acceptors (Lipinski definition) is 11. The van der Waals surface area contributed by atoms with E-state index in [0.29, 0.717) is 13.0 Å². The van der Waals surface area contributed by atoms with Gasteiger partial charge in [-0.15, -0.1) is 0 Å². The third kappa shape index (κ3) is 32.4. The third-order valence-electron chi connectivity index (χ3n) is 11.1. The molecule has 1 aliphatic carbocycles. The number of hydrogen-bond donors (Lipinski definition) is 6. The molecule has 366 valence electrons. The number of carbonyl (C=O) groups is 1. The molecule has 1 fully saturated rings. The smallest absolute Gasteiger partial charge is 0.457 e. The Balaban J connectivity index is 2.31. The van der Waals surface area contributed by atoms with E-state index in [0.717, 1.165) is 89.9 Å². The molecule has 0 radical (unpaired) electrons. The highest BCUT2D eigenvalue weighted by Gasteiger charge is 2.51. The summed E-state index contributed by atoms with van der Waals surface area (Å²) in [5.74, 6) is -0.490. The lowest BCUT2D eigenvalue weighted by atomic mass is 9.85. The minimum atomic E-state index is -5.02. The molecule has 1 rings (SSSR count). The van der Waals surface area contributed by atoms with E-state index in [9.17, 15) is 39.8 Å². The fraction of sp³-hybridized carbons (Fsp3) is 0.780. The third-order valence-corrected chi connectivity index (χ3v) is 12.1. The summed E-state index contributed by atoms with van der Waals surface area (Å²) in [4.78, 5) is 23.1. The Morgan fingerprint density at radius 2 is 0.937 bits per heavy atom. The molecule has 1 saturated carbocycles. The number of unbranched alkanes of at least 4 members (excludes halogenated alkanes) is 19. The second-order valence-electron chi connectivity index (χ2n) is 16.9. The normalized spacial score (nSPS) is 22.3. The number of aliphatic hydroxyl groups is 5. The summed E-state index contributed by atoms with van der Waals surface area (Å²) in [7, 11) is -5.02. The maximum absolute atomic E-state index is 12.8. The Morgan fingerprint density at radius 3 is 1.44 bits per heavy atom. The summed E-state index contributed by atoms with van der Waals surface area (Å²) >= 11 is 0. The van der Waals surface area contributed by atoms with Crippen LogP contribution in [-0.4, -0.2) is 98.9 Å². The lowest BCUT2D eigenvalue weighted by molar-refractivity contribution is -0.220. The minimum Gasteiger partial charge on any atom is -0.457 e. The largest absolute Gasteiger partial charge is 0.472 e. The summed E-state index contributed by atoms with van der Waals surface area (Å²) in [6.07, 6.45) is 38.7. The first-order valence-corrected chi connectivity index (χ1v) is 26.1. The fourth-order valence-corrected chi connectivity index (χ4v) is 8.20. The molecule has 12 nitrogen and oxygen atoms in total. The predicted molar refractivity (Wildman–Crippen MR) is 253 cm³/mol. The Labute approximate surface area is 381 Å². The molecule has 63 heavy (non-hydrogen) atoms. The Kier molecular flexibility index (Phi) is 37.8. The fourth-order valence-electron chi connectivity index (χ4n) is 7.22. The van der Waals surface area contributed by atoms with Gasteiger partial charge >= 0.3 is 13.8 Å². The van der Waals surface area contributed by atoms with E-state index >= 15 is 0 Å². The number of aliphatic hydroxyl groups excluding tert-OH is 5. The maximum atomic E-state index is 12.8. The SMILES string of the molecule is CC/C=C\C/C=C\C/C=C\C/C=C\CCCCCCCCCCCCCOCC(COP(=O)(O)OC1C(O)C(O)C(O)C(O)C1O)OC(=O)CCCCCCC/C=C\CCCCC. The highest BCUT2D eigenvalue weighted by molar-refractivity contribution is 7.47. The van der Waals surface area contributed by atoms with Crippen molar-refractivity contribution in [3.05, 3.63) is 60.8 Å². The molecule has 6 unspecified atom stereocenters. The highest BCUT2D eigenvalue weighted by atomic mass is 31.2. The van der Waals surface area contributed by atoms with Crippen LogP contribution in [-0.2, 0) is 27.9 Å². The van der Waals surface area contributed by atoms with Crippen LogP contribution in [0.1, 0.15) is 187 Å². The molecule has 0 aliphatic heterocycles. The number of ether oxygens (including phenoxy) is 2. The quantitative estimate of drug-likeness (QED) is 0.0147. The molecule has 0 aromatic carbocycles. The standard InChI is InChI=1S/C50H89O12P/c1-3-5-7-9-11-13-15-17-18-19-20-21-22-23-24-25-26-27-28-30-32-34-36-38-40-59-41-43(61-44(51)39-37-35-33-31-29-16-14-12-10-8-6-4-2)42-60-63(57,58)62-50-48(55)46(53)45(52)47(54)49(50)56/h5,7,11-14,17-18,20-21,43,45-50,52-56H,3-4,6,8-10,15-16,19,22-42H2,1-2H3,(H,57,58)/b7-5-,13-11-,14-12-,18-17-,21-20-. The number of allylic oxidation sites excluding steroid dienone is 10. The van der Waals surface area contributed by atoms with Gasteiger partial charge in [-0.3, -0.25) is 13.8 Å². The average Bonchev–Trinajstić information content (AvgIpc) is 3.27. The zero-order valence-corrected chi connectivity index (χ0v) is 40.0. The van der Waals surface area contributed by atoms with Crippen molar-refractivity contribution in [3.63, 3.8) is 0 Å². The minimum absolute atomic E-state index is 0.0839. The van der Waals surface area contributed by atoms with Gasteiger partial charge in [0.25, 0.3) is 0 Å². The number of carbonyl (C=O) groups excluding carboxylic acids is 1. The van der Waals surface area contributed by atoms with E-state index in [1.165, 1.54) is 70.6 Å². The first-order valence-electron chi connectivity index (χ1n) is 24.6. The number of phosphoric ester groups is 1. The Morgan fingerprint density at radius 1 is 0.524 bits per heavy atom. The molecule has 0 saturated heterocycles. The van der Waals surface area contributed by atoms with E-state index in [1.807, 2.05) is 0 Å². The monoisotopic (exact) mass is 913 g/mol. The van der Waals surface area contributed by atoms with Gasteiger partial charge < -0.3 is 39.9 Å². The second kappa shape index (κ2) is 40.3. The lowest BCUT2D eigenvalue weighted by Crippen LogP contribution is -2.64. The second-order valence-corrected chi connectivity index (χ2v) is 18.3. The molecule has 13 heteroatoms. The van der Waals surface area contributed by atoms with Gasteiger partial charge in [-0.25, -0.2) is 4.57 Å².